The van der Waals surface area contributed by atoms with Gasteiger partial charge in [-0.05, 0) is 48.6 Å². The highest BCUT2D eigenvalue weighted by atomic mass is 35.5. The summed E-state index contributed by atoms with van der Waals surface area (Å²) in [6.07, 6.45) is 4.15. The van der Waals surface area contributed by atoms with E-state index in [1.165, 1.54) is 6.07 Å². The van der Waals surface area contributed by atoms with Crippen LogP contribution in [0.4, 0.5) is 4.39 Å². The number of benzene rings is 2. The number of halogens is 2. The molecule has 27 heavy (non-hydrogen) atoms. The summed E-state index contributed by atoms with van der Waals surface area (Å²) in [6.45, 7) is 2.11. The third-order valence-corrected chi connectivity index (χ3v) is 5.34. The number of aromatic nitrogens is 2. The fourth-order valence-corrected chi connectivity index (χ4v) is 3.69. The first-order chi connectivity index (χ1) is 13.0. The lowest BCUT2D eigenvalue weighted by atomic mass is 10.1. The second kappa shape index (κ2) is 7.16. The number of rotatable bonds is 5. The summed E-state index contributed by atoms with van der Waals surface area (Å²) < 4.78 is 16.1. The summed E-state index contributed by atoms with van der Waals surface area (Å²) in [4.78, 5) is 16.5. The van der Waals surface area contributed by atoms with Gasteiger partial charge in [0.1, 0.15) is 11.6 Å². The molecule has 6 heteroatoms. The maximum atomic E-state index is 14.4. The Morgan fingerprint density at radius 1 is 1.33 bits per heavy atom. The second-order valence-electron chi connectivity index (χ2n) is 6.82. The third kappa shape index (κ3) is 3.60. The van der Waals surface area contributed by atoms with E-state index in [0.717, 1.165) is 17.5 Å². The van der Waals surface area contributed by atoms with Gasteiger partial charge in [0.15, 0.2) is 0 Å². The molecule has 1 aliphatic rings. The molecule has 0 aliphatic heterocycles. The normalized spacial score (nSPS) is 18.3. The van der Waals surface area contributed by atoms with Crippen molar-refractivity contribution in [2.75, 3.05) is 0 Å². The minimum atomic E-state index is -0.344. The van der Waals surface area contributed by atoms with Gasteiger partial charge in [0, 0.05) is 29.9 Å². The Balaban J connectivity index is 1.38. The number of aryl methyl sites for hydroxylation is 1. The molecular weight excluding hydrogens is 365 g/mol. The van der Waals surface area contributed by atoms with Gasteiger partial charge in [-0.3, -0.25) is 4.79 Å². The SMILES string of the molecule is Cc1nccn1-c1ccc(CNC(=O)C2CC2c2ccccc2Cl)cc1F. The van der Waals surface area contributed by atoms with Gasteiger partial charge in [0.25, 0.3) is 0 Å². The molecule has 1 amide bonds. The van der Waals surface area contributed by atoms with Crippen LogP contribution < -0.4 is 5.32 Å². The molecule has 138 valence electrons. The molecule has 4 rings (SSSR count). The predicted molar refractivity (Wildman–Crippen MR) is 102 cm³/mol. The van der Waals surface area contributed by atoms with Crippen LogP contribution in [0.5, 0.6) is 0 Å². The number of hydrogen-bond donors (Lipinski definition) is 1. The van der Waals surface area contributed by atoms with Crippen LogP contribution in [-0.2, 0) is 11.3 Å². The van der Waals surface area contributed by atoms with Crippen LogP contribution in [0.15, 0.2) is 54.9 Å². The van der Waals surface area contributed by atoms with Crippen LogP contribution >= 0.6 is 11.6 Å². The average Bonchev–Trinajstić information content (AvgIpc) is 3.34. The van der Waals surface area contributed by atoms with E-state index in [2.05, 4.69) is 10.3 Å². The number of carbonyl (C=O) groups is 1. The van der Waals surface area contributed by atoms with Crippen LogP contribution in [0.1, 0.15) is 29.3 Å². The highest BCUT2D eigenvalue weighted by Crippen LogP contribution is 2.49. The molecule has 1 saturated carbocycles. The van der Waals surface area contributed by atoms with Gasteiger partial charge in [-0.2, -0.15) is 0 Å². The van der Waals surface area contributed by atoms with Crippen molar-refractivity contribution in [3.63, 3.8) is 0 Å². The first-order valence-corrected chi connectivity index (χ1v) is 9.23. The first-order valence-electron chi connectivity index (χ1n) is 8.85. The van der Waals surface area contributed by atoms with Crippen molar-refractivity contribution < 1.29 is 9.18 Å². The van der Waals surface area contributed by atoms with Gasteiger partial charge in [-0.1, -0.05) is 35.9 Å². The van der Waals surface area contributed by atoms with Gasteiger partial charge in [0.05, 0.1) is 5.69 Å². The van der Waals surface area contributed by atoms with Crippen molar-refractivity contribution in [1.82, 2.24) is 14.9 Å². The minimum absolute atomic E-state index is 0.0186. The zero-order valence-corrected chi connectivity index (χ0v) is 15.6. The molecule has 1 N–H and O–H groups in total. The molecule has 0 radical (unpaired) electrons. The lowest BCUT2D eigenvalue weighted by molar-refractivity contribution is -0.122. The van der Waals surface area contributed by atoms with Crippen molar-refractivity contribution in [1.29, 1.82) is 0 Å². The van der Waals surface area contributed by atoms with Crippen LogP contribution in [0, 0.1) is 18.7 Å². The smallest absolute Gasteiger partial charge is 0.224 e. The molecule has 3 aromatic rings. The molecule has 0 spiro atoms. The number of carbonyl (C=O) groups excluding carboxylic acids is 1. The predicted octanol–water partition coefficient (Wildman–Crippen LogP) is 4.39. The van der Waals surface area contributed by atoms with Crippen molar-refractivity contribution in [2.24, 2.45) is 5.92 Å². The van der Waals surface area contributed by atoms with E-state index in [0.29, 0.717) is 23.1 Å². The second-order valence-corrected chi connectivity index (χ2v) is 7.23. The quantitative estimate of drug-likeness (QED) is 0.710. The zero-order valence-electron chi connectivity index (χ0n) is 14.8. The molecule has 1 aromatic heterocycles. The van der Waals surface area contributed by atoms with Crippen molar-refractivity contribution >= 4 is 17.5 Å². The topological polar surface area (TPSA) is 46.9 Å². The van der Waals surface area contributed by atoms with E-state index in [1.54, 1.807) is 23.0 Å². The van der Waals surface area contributed by atoms with Gasteiger partial charge in [-0.25, -0.2) is 9.37 Å². The van der Waals surface area contributed by atoms with Crippen molar-refractivity contribution in [3.05, 3.63) is 82.6 Å². The van der Waals surface area contributed by atoms with E-state index in [1.807, 2.05) is 37.3 Å². The molecule has 0 bridgehead atoms. The number of nitrogens with one attached hydrogen (secondary N) is 1. The maximum Gasteiger partial charge on any atom is 0.224 e. The number of nitrogens with zero attached hydrogens (tertiary/aromatic N) is 2. The molecule has 2 unspecified atom stereocenters. The van der Waals surface area contributed by atoms with E-state index in [-0.39, 0.29) is 23.6 Å². The Morgan fingerprint density at radius 3 is 2.85 bits per heavy atom. The van der Waals surface area contributed by atoms with Crippen molar-refractivity contribution in [3.8, 4) is 5.69 Å². The maximum absolute atomic E-state index is 14.4. The monoisotopic (exact) mass is 383 g/mol. The van der Waals surface area contributed by atoms with Crippen molar-refractivity contribution in [2.45, 2.75) is 25.8 Å². The van der Waals surface area contributed by atoms with Crippen LogP contribution in [-0.4, -0.2) is 15.5 Å². The molecule has 4 nitrogen and oxygen atoms in total. The number of hydrogen-bond acceptors (Lipinski definition) is 2. The number of amides is 1. The van der Waals surface area contributed by atoms with Crippen LogP contribution in [0.3, 0.4) is 0 Å². The molecule has 2 aromatic carbocycles. The summed E-state index contributed by atoms with van der Waals surface area (Å²) in [7, 11) is 0. The number of imidazole rings is 1. The Morgan fingerprint density at radius 2 is 2.15 bits per heavy atom. The fraction of sp³-hybridized carbons (Fsp3) is 0.238. The lowest BCUT2D eigenvalue weighted by Crippen LogP contribution is -2.25. The molecule has 1 heterocycles. The standard InChI is InChI=1S/C21H19ClFN3O/c1-13-24-8-9-26(13)20-7-6-14(10-19(20)23)12-25-21(27)17-11-16(17)15-4-2-3-5-18(15)22/h2-10,16-17H,11-12H2,1H3,(H,25,27). The lowest BCUT2D eigenvalue weighted by Gasteiger charge is -2.10. The van der Waals surface area contributed by atoms with Crippen LogP contribution in [0.2, 0.25) is 5.02 Å². The molecule has 2 atom stereocenters. The summed E-state index contributed by atoms with van der Waals surface area (Å²) >= 11 is 6.21. The highest BCUT2D eigenvalue weighted by molar-refractivity contribution is 6.31. The summed E-state index contributed by atoms with van der Waals surface area (Å²) in [5.41, 5.74) is 2.18. The zero-order chi connectivity index (χ0) is 19.0. The van der Waals surface area contributed by atoms with E-state index >= 15 is 0 Å². The van der Waals surface area contributed by atoms with Gasteiger partial charge in [-0.15, -0.1) is 0 Å². The Kier molecular flexibility index (Phi) is 4.70. The molecule has 1 aliphatic carbocycles. The Hall–Kier alpha value is -2.66. The summed E-state index contributed by atoms with van der Waals surface area (Å²) in [6, 6.07) is 12.6. The highest BCUT2D eigenvalue weighted by Gasteiger charge is 2.44. The summed E-state index contributed by atoms with van der Waals surface area (Å²) in [5.74, 6) is 0.456. The van der Waals surface area contributed by atoms with E-state index in [4.69, 9.17) is 11.6 Å². The molecule has 1 fully saturated rings. The fourth-order valence-electron chi connectivity index (χ4n) is 3.41. The molecule has 0 saturated heterocycles. The van der Waals surface area contributed by atoms with Gasteiger partial charge < -0.3 is 9.88 Å². The van der Waals surface area contributed by atoms with Gasteiger partial charge in [0.2, 0.25) is 5.91 Å². The Bertz CT molecular complexity index is 1000. The third-order valence-electron chi connectivity index (χ3n) is 5.00. The first kappa shape index (κ1) is 17.7. The Labute approximate surface area is 162 Å². The van der Waals surface area contributed by atoms with Gasteiger partial charge >= 0.3 is 0 Å². The minimum Gasteiger partial charge on any atom is -0.352 e. The van der Waals surface area contributed by atoms with E-state index in [9.17, 15) is 9.18 Å². The average molecular weight is 384 g/mol. The summed E-state index contributed by atoms with van der Waals surface area (Å²) in [5, 5.41) is 3.60. The van der Waals surface area contributed by atoms with Crippen LogP contribution in [0.25, 0.3) is 5.69 Å². The molecular formula is C21H19ClFN3O. The van der Waals surface area contributed by atoms with E-state index < -0.39 is 0 Å². The largest absolute Gasteiger partial charge is 0.352 e.